The first kappa shape index (κ1) is 29.5. The average Bonchev–Trinajstić information content (AvgIpc) is 2.95. The van der Waals surface area contributed by atoms with Gasteiger partial charge in [-0.2, -0.15) is 0 Å². The average molecular weight is 549 g/mol. The van der Waals surface area contributed by atoms with E-state index in [-0.39, 0.29) is 6.54 Å². The lowest BCUT2D eigenvalue weighted by atomic mass is 10.0. The fraction of sp³-hybridized carbons (Fsp3) is 0.414. The van der Waals surface area contributed by atoms with Crippen molar-refractivity contribution in [3.05, 3.63) is 102 Å². The number of ether oxygens (including phenoxy) is 1. The summed E-state index contributed by atoms with van der Waals surface area (Å²) in [6, 6.07) is 17.7. The molecule has 4 rings (SSSR count). The van der Waals surface area contributed by atoms with Crippen LogP contribution in [0.15, 0.2) is 85.1 Å². The van der Waals surface area contributed by atoms with Crippen LogP contribution in [0.5, 0.6) is 0 Å². The molecule has 1 aliphatic heterocycles. The van der Waals surface area contributed by atoms with Crippen molar-refractivity contribution in [1.82, 2.24) is 29.8 Å². The molecule has 1 aliphatic rings. The quantitative estimate of drug-likeness (QED) is 0.168. The number of nitrogens with two attached hydrogens (primary N) is 2. The maximum Gasteiger partial charge on any atom is 0.108 e. The highest BCUT2D eigenvalue weighted by Crippen LogP contribution is 2.16. The molecular formula is C29H40N8O3. The van der Waals surface area contributed by atoms with Gasteiger partial charge in [0.05, 0.1) is 29.7 Å². The molecule has 40 heavy (non-hydrogen) atoms. The van der Waals surface area contributed by atoms with Gasteiger partial charge in [0, 0.05) is 76.4 Å². The zero-order chi connectivity index (χ0) is 28.2. The van der Waals surface area contributed by atoms with Gasteiger partial charge in [-0.05, 0) is 42.8 Å². The lowest BCUT2D eigenvalue weighted by Gasteiger charge is -2.34. The van der Waals surface area contributed by atoms with Crippen LogP contribution in [0.4, 0.5) is 0 Å². The second-order valence-electron chi connectivity index (χ2n) is 10.0. The van der Waals surface area contributed by atoms with Gasteiger partial charge in [-0.3, -0.25) is 24.8 Å². The molecule has 1 saturated heterocycles. The first-order valence-corrected chi connectivity index (χ1v) is 13.6. The Morgan fingerprint density at radius 3 is 1.90 bits per heavy atom. The molecule has 3 aromatic rings. The topological polar surface area (TPSA) is 150 Å². The van der Waals surface area contributed by atoms with Crippen molar-refractivity contribution in [2.75, 3.05) is 32.8 Å². The molecule has 0 amide bonds. The molecule has 4 heterocycles. The van der Waals surface area contributed by atoms with E-state index in [1.807, 2.05) is 67.0 Å². The summed E-state index contributed by atoms with van der Waals surface area (Å²) in [5.41, 5.74) is 9.92. The van der Waals surface area contributed by atoms with Crippen molar-refractivity contribution in [2.45, 2.75) is 44.4 Å². The summed E-state index contributed by atoms with van der Waals surface area (Å²) in [4.78, 5) is 18.1. The zero-order valence-electron chi connectivity index (χ0n) is 22.7. The van der Waals surface area contributed by atoms with Crippen LogP contribution < -0.4 is 11.6 Å². The Kier molecular flexibility index (Phi) is 11.3. The summed E-state index contributed by atoms with van der Waals surface area (Å²) >= 11 is 0. The molecule has 1 fully saturated rings. The molecule has 3 aromatic heterocycles. The number of aliphatic hydroxyl groups is 2. The van der Waals surface area contributed by atoms with E-state index in [9.17, 15) is 10.2 Å². The predicted octanol–water partition coefficient (Wildman–Crippen LogP) is 0.863. The summed E-state index contributed by atoms with van der Waals surface area (Å²) in [5.74, 6) is 6.19. The number of pyridine rings is 3. The Balaban J connectivity index is 1.42. The van der Waals surface area contributed by atoms with Crippen LogP contribution in [0.3, 0.4) is 0 Å². The van der Waals surface area contributed by atoms with Crippen LogP contribution >= 0.6 is 0 Å². The first-order chi connectivity index (χ1) is 19.5. The monoisotopic (exact) mass is 548 g/mol. The number of aliphatic hydroxyl groups excluding tert-OH is 2. The number of aromatic nitrogens is 3. The highest BCUT2D eigenvalue weighted by atomic mass is 16.5. The number of nitrogens with zero attached hydrogens (tertiary/aromatic N) is 6. The van der Waals surface area contributed by atoms with Crippen LogP contribution in [0.25, 0.3) is 0 Å². The maximum absolute atomic E-state index is 10.2. The fourth-order valence-corrected chi connectivity index (χ4v) is 4.66. The predicted molar refractivity (Wildman–Crippen MR) is 152 cm³/mol. The van der Waals surface area contributed by atoms with Crippen molar-refractivity contribution in [3.63, 3.8) is 0 Å². The molecule has 0 aromatic carbocycles. The number of hydrazine groups is 1. The lowest BCUT2D eigenvalue weighted by molar-refractivity contribution is -0.139. The first-order valence-electron chi connectivity index (χ1n) is 13.6. The third-order valence-corrected chi connectivity index (χ3v) is 6.72. The third-order valence-electron chi connectivity index (χ3n) is 6.72. The Labute approximate surface area is 235 Å². The summed E-state index contributed by atoms with van der Waals surface area (Å²) in [5, 5.41) is 21.6. The molecule has 0 unspecified atom stereocenters. The Bertz CT molecular complexity index is 1110. The molecule has 214 valence electrons. The molecule has 6 N–H and O–H groups in total. The molecule has 0 radical (unpaired) electrons. The highest BCUT2D eigenvalue weighted by Gasteiger charge is 2.32. The van der Waals surface area contributed by atoms with Gasteiger partial charge >= 0.3 is 0 Å². The minimum absolute atomic E-state index is 0.209. The summed E-state index contributed by atoms with van der Waals surface area (Å²) in [6.45, 7) is 4.49. The molecule has 11 heteroatoms. The minimum Gasteiger partial charge on any atom is -0.400 e. The molecule has 0 spiro atoms. The van der Waals surface area contributed by atoms with E-state index in [4.69, 9.17) is 16.3 Å². The van der Waals surface area contributed by atoms with E-state index >= 15 is 0 Å². The van der Waals surface area contributed by atoms with Gasteiger partial charge in [0.2, 0.25) is 0 Å². The Hall–Kier alpha value is -3.45. The van der Waals surface area contributed by atoms with Gasteiger partial charge in [0.25, 0.3) is 0 Å². The van der Waals surface area contributed by atoms with Gasteiger partial charge in [0.15, 0.2) is 0 Å². The van der Waals surface area contributed by atoms with Gasteiger partial charge < -0.3 is 25.7 Å². The minimum atomic E-state index is -0.987. The molecule has 11 nitrogen and oxygen atoms in total. The van der Waals surface area contributed by atoms with Crippen molar-refractivity contribution < 1.29 is 14.9 Å². The van der Waals surface area contributed by atoms with Crippen molar-refractivity contribution in [1.29, 1.82) is 0 Å². The molecule has 0 aliphatic carbocycles. The SMILES string of the molecule is N/C(=C\N(N)C[C@H]1OCC[C@@H](O)[C@H]1O)CN(CCN(Cc1ccccn1)Cc1ccccn1)Cc1ccccn1. The summed E-state index contributed by atoms with van der Waals surface area (Å²) < 4.78 is 5.60. The second kappa shape index (κ2) is 15.4. The van der Waals surface area contributed by atoms with Gasteiger partial charge in [0.1, 0.15) is 12.2 Å². The van der Waals surface area contributed by atoms with Crippen LogP contribution in [0.1, 0.15) is 23.5 Å². The standard InChI is InChI=1S/C29H40N8O3/c30-23(18-37(31)22-28-29(39)27(38)10-16-40-28)17-35(19-24-7-1-4-11-32-24)14-15-36(20-25-8-2-5-12-33-25)21-26-9-3-6-13-34-26/h1-9,11-13,18,27-29,38-39H,10,14-17,19-22,30-31H2/b23-18-/t27-,28-,29-/m1/s1. The van der Waals surface area contributed by atoms with E-state index in [0.717, 1.165) is 23.6 Å². The molecule has 0 bridgehead atoms. The highest BCUT2D eigenvalue weighted by molar-refractivity contribution is 5.08. The van der Waals surface area contributed by atoms with Gasteiger partial charge in [-0.25, -0.2) is 5.84 Å². The van der Waals surface area contributed by atoms with E-state index in [1.54, 1.807) is 12.4 Å². The van der Waals surface area contributed by atoms with Crippen LogP contribution in [0, 0.1) is 0 Å². The van der Waals surface area contributed by atoms with Gasteiger partial charge in [-0.1, -0.05) is 18.2 Å². The van der Waals surface area contributed by atoms with Crippen LogP contribution in [-0.4, -0.2) is 91.1 Å². The Morgan fingerprint density at radius 1 is 0.850 bits per heavy atom. The van der Waals surface area contributed by atoms with E-state index < -0.39 is 18.3 Å². The maximum atomic E-state index is 10.2. The van der Waals surface area contributed by atoms with Crippen molar-refractivity contribution in [3.8, 4) is 0 Å². The Morgan fingerprint density at radius 2 is 1.38 bits per heavy atom. The number of rotatable bonds is 14. The summed E-state index contributed by atoms with van der Waals surface area (Å²) in [6.07, 6.45) is 5.07. The fourth-order valence-electron chi connectivity index (χ4n) is 4.66. The second-order valence-corrected chi connectivity index (χ2v) is 10.0. The number of hydrogen-bond acceptors (Lipinski definition) is 11. The largest absolute Gasteiger partial charge is 0.400 e. The lowest BCUT2D eigenvalue weighted by Crippen LogP contribution is -2.50. The van der Waals surface area contributed by atoms with Crippen molar-refractivity contribution >= 4 is 0 Å². The van der Waals surface area contributed by atoms with E-state index in [1.165, 1.54) is 5.01 Å². The third kappa shape index (κ3) is 9.63. The number of hydrogen-bond donors (Lipinski definition) is 4. The van der Waals surface area contributed by atoms with Crippen LogP contribution in [0.2, 0.25) is 0 Å². The van der Waals surface area contributed by atoms with Crippen LogP contribution in [-0.2, 0) is 24.4 Å². The van der Waals surface area contributed by atoms with E-state index in [2.05, 4.69) is 24.8 Å². The zero-order valence-corrected chi connectivity index (χ0v) is 22.7. The van der Waals surface area contributed by atoms with Crippen molar-refractivity contribution in [2.24, 2.45) is 11.6 Å². The summed E-state index contributed by atoms with van der Waals surface area (Å²) in [7, 11) is 0. The molecular weight excluding hydrogens is 508 g/mol. The smallest absolute Gasteiger partial charge is 0.108 e. The normalized spacial score (nSPS) is 19.7. The molecule has 3 atom stereocenters. The molecule has 0 saturated carbocycles. The van der Waals surface area contributed by atoms with Gasteiger partial charge in [-0.15, -0.1) is 0 Å². The van der Waals surface area contributed by atoms with E-state index in [0.29, 0.717) is 51.4 Å².